The second kappa shape index (κ2) is 6.34. The monoisotopic (exact) mass is 302 g/mol. The molecule has 1 aliphatic heterocycles. The van der Waals surface area contributed by atoms with Gasteiger partial charge in [-0.3, -0.25) is 9.89 Å². The predicted molar refractivity (Wildman–Crippen MR) is 81.5 cm³/mol. The van der Waals surface area contributed by atoms with Gasteiger partial charge in [-0.25, -0.2) is 0 Å². The van der Waals surface area contributed by atoms with Crippen LogP contribution in [-0.4, -0.2) is 39.3 Å². The van der Waals surface area contributed by atoms with Crippen molar-refractivity contribution in [3.8, 4) is 0 Å². The van der Waals surface area contributed by atoms with E-state index < -0.39 is 0 Å². The van der Waals surface area contributed by atoms with Gasteiger partial charge < -0.3 is 9.42 Å². The SMILES string of the molecule is CCc1cc(C(=O)N2CCC[C@@H](Cc3[nH]ncc3C)C2)no1. The van der Waals surface area contributed by atoms with Crippen molar-refractivity contribution in [2.45, 2.75) is 39.5 Å². The number of carbonyl (C=O) groups excluding carboxylic acids is 1. The van der Waals surface area contributed by atoms with E-state index in [-0.39, 0.29) is 5.91 Å². The minimum atomic E-state index is -0.0190. The smallest absolute Gasteiger partial charge is 0.276 e. The summed E-state index contributed by atoms with van der Waals surface area (Å²) in [7, 11) is 0. The number of aromatic nitrogens is 3. The third kappa shape index (κ3) is 3.05. The van der Waals surface area contributed by atoms with Crippen LogP contribution in [0.4, 0.5) is 0 Å². The maximum Gasteiger partial charge on any atom is 0.276 e. The van der Waals surface area contributed by atoms with E-state index in [2.05, 4.69) is 22.3 Å². The highest BCUT2D eigenvalue weighted by molar-refractivity contribution is 5.92. The van der Waals surface area contributed by atoms with E-state index in [9.17, 15) is 4.79 Å². The van der Waals surface area contributed by atoms with Gasteiger partial charge in [0.2, 0.25) is 0 Å². The summed E-state index contributed by atoms with van der Waals surface area (Å²) in [5, 5.41) is 11.0. The molecule has 0 radical (unpaired) electrons. The fraction of sp³-hybridized carbons (Fsp3) is 0.562. The van der Waals surface area contributed by atoms with Gasteiger partial charge in [-0.1, -0.05) is 12.1 Å². The number of carbonyl (C=O) groups is 1. The summed E-state index contributed by atoms with van der Waals surface area (Å²) >= 11 is 0. The van der Waals surface area contributed by atoms with Crippen LogP contribution in [0, 0.1) is 12.8 Å². The molecule has 3 rings (SSSR count). The molecule has 3 heterocycles. The summed E-state index contributed by atoms with van der Waals surface area (Å²) in [5.41, 5.74) is 2.79. The first kappa shape index (κ1) is 14.8. The predicted octanol–water partition coefficient (Wildman–Crippen LogP) is 2.36. The molecule has 0 aromatic carbocycles. The van der Waals surface area contributed by atoms with Gasteiger partial charge in [-0.15, -0.1) is 0 Å². The van der Waals surface area contributed by atoms with Gasteiger partial charge in [0.05, 0.1) is 6.20 Å². The standard InChI is InChI=1S/C16H22N4O2/c1-3-13-8-15(19-22-13)16(21)20-6-4-5-12(10-20)7-14-11(2)9-17-18-14/h8-9,12H,3-7,10H2,1-2H3,(H,17,18)/t12-/m0/s1. The molecule has 1 fully saturated rings. The summed E-state index contributed by atoms with van der Waals surface area (Å²) in [6, 6.07) is 1.75. The number of hydrogen-bond donors (Lipinski definition) is 1. The zero-order chi connectivity index (χ0) is 15.5. The molecule has 22 heavy (non-hydrogen) atoms. The lowest BCUT2D eigenvalue weighted by molar-refractivity contribution is 0.0662. The van der Waals surface area contributed by atoms with Crippen LogP contribution in [-0.2, 0) is 12.8 Å². The number of aromatic amines is 1. The molecule has 2 aromatic heterocycles. The van der Waals surface area contributed by atoms with Gasteiger partial charge in [0.1, 0.15) is 5.76 Å². The van der Waals surface area contributed by atoms with Crippen LogP contribution in [0.3, 0.4) is 0 Å². The molecule has 6 nitrogen and oxygen atoms in total. The Labute approximate surface area is 129 Å². The zero-order valence-electron chi connectivity index (χ0n) is 13.1. The highest BCUT2D eigenvalue weighted by Crippen LogP contribution is 2.22. The normalized spacial score (nSPS) is 18.6. The number of amides is 1. The number of rotatable bonds is 4. The van der Waals surface area contributed by atoms with Gasteiger partial charge in [0.15, 0.2) is 5.69 Å². The Balaban J connectivity index is 1.65. The Morgan fingerprint density at radius 3 is 3.09 bits per heavy atom. The van der Waals surface area contributed by atoms with Crippen molar-refractivity contribution in [1.82, 2.24) is 20.3 Å². The highest BCUT2D eigenvalue weighted by atomic mass is 16.5. The first-order valence-corrected chi connectivity index (χ1v) is 7.91. The van der Waals surface area contributed by atoms with Crippen molar-refractivity contribution in [3.05, 3.63) is 35.0 Å². The fourth-order valence-corrected chi connectivity index (χ4v) is 3.03. The summed E-state index contributed by atoms with van der Waals surface area (Å²) < 4.78 is 5.14. The minimum Gasteiger partial charge on any atom is -0.361 e. The van der Waals surface area contributed by atoms with Crippen LogP contribution in [0.15, 0.2) is 16.8 Å². The van der Waals surface area contributed by atoms with Gasteiger partial charge in [0.25, 0.3) is 5.91 Å². The molecule has 0 saturated carbocycles. The van der Waals surface area contributed by atoms with Crippen molar-refractivity contribution in [3.63, 3.8) is 0 Å². The maximum absolute atomic E-state index is 12.5. The number of H-pyrrole nitrogens is 1. The Morgan fingerprint density at radius 1 is 1.55 bits per heavy atom. The van der Waals surface area contributed by atoms with Gasteiger partial charge in [0, 0.05) is 31.3 Å². The highest BCUT2D eigenvalue weighted by Gasteiger charge is 2.27. The van der Waals surface area contributed by atoms with Crippen LogP contribution < -0.4 is 0 Å². The number of piperidine rings is 1. The topological polar surface area (TPSA) is 75.0 Å². The first-order valence-electron chi connectivity index (χ1n) is 7.91. The van der Waals surface area contributed by atoms with Gasteiger partial charge >= 0.3 is 0 Å². The Kier molecular flexibility index (Phi) is 4.27. The van der Waals surface area contributed by atoms with Gasteiger partial charge in [-0.05, 0) is 37.7 Å². The van der Waals surface area contributed by atoms with Crippen molar-refractivity contribution in [2.24, 2.45) is 5.92 Å². The number of nitrogens with one attached hydrogen (secondary N) is 1. The summed E-state index contributed by atoms with van der Waals surface area (Å²) in [4.78, 5) is 14.4. The average molecular weight is 302 g/mol. The van der Waals surface area contributed by atoms with E-state index in [4.69, 9.17) is 4.52 Å². The van der Waals surface area contributed by atoms with Crippen LogP contribution in [0.2, 0.25) is 0 Å². The molecule has 1 aliphatic rings. The molecule has 1 N–H and O–H groups in total. The zero-order valence-corrected chi connectivity index (χ0v) is 13.1. The average Bonchev–Trinajstić information content (AvgIpc) is 3.16. The number of likely N-dealkylation sites (tertiary alicyclic amines) is 1. The van der Waals surface area contributed by atoms with Crippen LogP contribution in [0.5, 0.6) is 0 Å². The Hall–Kier alpha value is -2.11. The molecular formula is C16H22N4O2. The van der Waals surface area contributed by atoms with Crippen molar-refractivity contribution >= 4 is 5.91 Å². The number of hydrogen-bond acceptors (Lipinski definition) is 4. The molecule has 1 amide bonds. The van der Waals surface area contributed by atoms with E-state index in [1.807, 2.05) is 18.0 Å². The second-order valence-electron chi connectivity index (χ2n) is 6.03. The van der Waals surface area contributed by atoms with Crippen molar-refractivity contribution < 1.29 is 9.32 Å². The van der Waals surface area contributed by atoms with Gasteiger partial charge in [-0.2, -0.15) is 5.10 Å². The molecule has 0 unspecified atom stereocenters. The molecule has 0 spiro atoms. The van der Waals surface area contributed by atoms with Crippen LogP contribution in [0.1, 0.15) is 47.3 Å². The lowest BCUT2D eigenvalue weighted by Crippen LogP contribution is -2.40. The van der Waals surface area contributed by atoms with E-state index in [1.165, 1.54) is 11.3 Å². The molecule has 0 bridgehead atoms. The van der Waals surface area contributed by atoms with E-state index in [0.717, 1.165) is 44.5 Å². The molecular weight excluding hydrogens is 280 g/mol. The van der Waals surface area contributed by atoms with Crippen LogP contribution in [0.25, 0.3) is 0 Å². The first-order chi connectivity index (χ1) is 10.7. The summed E-state index contributed by atoms with van der Waals surface area (Å²) in [6.07, 6.45) is 5.71. The minimum absolute atomic E-state index is 0.0190. The number of nitrogens with zero attached hydrogens (tertiary/aromatic N) is 3. The maximum atomic E-state index is 12.5. The summed E-state index contributed by atoms with van der Waals surface area (Å²) in [6.45, 7) is 5.61. The van der Waals surface area contributed by atoms with E-state index >= 15 is 0 Å². The quantitative estimate of drug-likeness (QED) is 0.940. The van der Waals surface area contributed by atoms with E-state index in [1.54, 1.807) is 6.07 Å². The molecule has 1 atom stereocenters. The third-order valence-corrected chi connectivity index (χ3v) is 4.36. The van der Waals surface area contributed by atoms with E-state index in [0.29, 0.717) is 11.6 Å². The Morgan fingerprint density at radius 2 is 2.41 bits per heavy atom. The fourth-order valence-electron chi connectivity index (χ4n) is 3.03. The van der Waals surface area contributed by atoms with Crippen molar-refractivity contribution in [2.75, 3.05) is 13.1 Å². The van der Waals surface area contributed by atoms with Crippen LogP contribution >= 0.6 is 0 Å². The molecule has 2 aromatic rings. The molecule has 118 valence electrons. The molecule has 1 saturated heterocycles. The third-order valence-electron chi connectivity index (χ3n) is 4.36. The molecule has 0 aliphatic carbocycles. The summed E-state index contributed by atoms with van der Waals surface area (Å²) in [5.74, 6) is 1.20. The number of aryl methyl sites for hydroxylation is 2. The Bertz CT molecular complexity index is 646. The lowest BCUT2D eigenvalue weighted by Gasteiger charge is -2.32. The largest absolute Gasteiger partial charge is 0.361 e. The molecule has 6 heteroatoms. The van der Waals surface area contributed by atoms with Crippen molar-refractivity contribution in [1.29, 1.82) is 0 Å². The second-order valence-corrected chi connectivity index (χ2v) is 6.03. The lowest BCUT2D eigenvalue weighted by atomic mass is 9.92.